The highest BCUT2D eigenvalue weighted by Gasteiger charge is 2.17. The molecule has 3 rings (SSSR count). The number of aromatic nitrogens is 3. The van der Waals surface area contributed by atoms with Crippen LogP contribution in [0.5, 0.6) is 0 Å². The Kier molecular flexibility index (Phi) is 4.11. The van der Waals surface area contributed by atoms with Crippen LogP contribution < -0.4 is 11.1 Å². The average molecular weight is 300 g/mol. The van der Waals surface area contributed by atoms with Gasteiger partial charge in [0, 0.05) is 11.7 Å². The van der Waals surface area contributed by atoms with Crippen molar-refractivity contribution in [3.05, 3.63) is 17.3 Å². The summed E-state index contributed by atoms with van der Waals surface area (Å²) in [5.41, 5.74) is 8.83. The third-order valence-electron chi connectivity index (χ3n) is 4.30. The maximum absolute atomic E-state index is 6.13. The maximum Gasteiger partial charge on any atom is 0.226 e. The lowest BCUT2D eigenvalue weighted by molar-refractivity contribution is 0.348. The first-order chi connectivity index (χ1) is 10.5. The second-order valence-electron chi connectivity index (χ2n) is 6.29. The molecule has 2 aromatic heterocycles. The van der Waals surface area contributed by atoms with Gasteiger partial charge in [0.05, 0.1) is 5.39 Å². The molecule has 1 unspecified atom stereocenters. The summed E-state index contributed by atoms with van der Waals surface area (Å²) >= 11 is 0. The number of aryl methyl sites for hydroxylation is 2. The van der Waals surface area contributed by atoms with Crippen LogP contribution in [0.2, 0.25) is 0 Å². The van der Waals surface area contributed by atoms with Crippen LogP contribution in [0.3, 0.4) is 0 Å². The highest BCUT2D eigenvalue weighted by atomic mass is 15.2. The fourth-order valence-electron chi connectivity index (χ4n) is 3.14. The molecule has 1 aliphatic heterocycles. The number of anilines is 2. The van der Waals surface area contributed by atoms with E-state index in [2.05, 4.69) is 32.2 Å². The van der Waals surface area contributed by atoms with E-state index in [1.807, 2.05) is 19.9 Å². The summed E-state index contributed by atoms with van der Waals surface area (Å²) in [7, 11) is 2.17. The van der Waals surface area contributed by atoms with E-state index < -0.39 is 0 Å². The molecule has 1 atom stereocenters. The molecule has 0 saturated carbocycles. The molecule has 0 bridgehead atoms. The van der Waals surface area contributed by atoms with Crippen molar-refractivity contribution < 1.29 is 0 Å². The summed E-state index contributed by atoms with van der Waals surface area (Å²) in [5.74, 6) is 1.10. The molecular formula is C16H24N6. The Balaban J connectivity index is 1.88. The van der Waals surface area contributed by atoms with Crippen molar-refractivity contribution >= 4 is 22.8 Å². The minimum atomic E-state index is 0.396. The Morgan fingerprint density at radius 3 is 2.82 bits per heavy atom. The SMILES string of the molecule is Cc1cc(C)c2c(N)nc(NC3CCCN(C)CC3)nc2n1. The number of nitrogens with zero attached hydrogens (tertiary/aromatic N) is 4. The molecule has 0 aromatic carbocycles. The molecule has 1 aliphatic rings. The van der Waals surface area contributed by atoms with Crippen molar-refractivity contribution in [1.29, 1.82) is 0 Å². The minimum absolute atomic E-state index is 0.396. The molecule has 2 aromatic rings. The zero-order chi connectivity index (χ0) is 15.7. The van der Waals surface area contributed by atoms with Crippen LogP contribution in [0.15, 0.2) is 6.07 Å². The Bertz CT molecular complexity index is 684. The summed E-state index contributed by atoms with van der Waals surface area (Å²) in [6.45, 7) is 6.24. The standard InChI is InChI=1S/C16H24N6/c1-10-9-11(2)18-15-13(10)14(17)20-16(21-15)19-12-5-4-7-22(3)8-6-12/h9,12H,4-8H2,1-3H3,(H3,17,18,19,20,21). The van der Waals surface area contributed by atoms with Gasteiger partial charge in [-0.25, -0.2) is 4.98 Å². The summed E-state index contributed by atoms with van der Waals surface area (Å²) < 4.78 is 0. The minimum Gasteiger partial charge on any atom is -0.383 e. The topological polar surface area (TPSA) is 80.0 Å². The van der Waals surface area contributed by atoms with Crippen molar-refractivity contribution in [2.45, 2.75) is 39.2 Å². The van der Waals surface area contributed by atoms with E-state index in [1.54, 1.807) is 0 Å². The molecular weight excluding hydrogens is 276 g/mol. The monoisotopic (exact) mass is 300 g/mol. The van der Waals surface area contributed by atoms with Gasteiger partial charge in [0.15, 0.2) is 5.65 Å². The van der Waals surface area contributed by atoms with Crippen LogP contribution in [0, 0.1) is 13.8 Å². The van der Waals surface area contributed by atoms with E-state index in [9.17, 15) is 0 Å². The predicted molar refractivity (Wildman–Crippen MR) is 90.0 cm³/mol. The summed E-state index contributed by atoms with van der Waals surface area (Å²) in [6.07, 6.45) is 3.41. The van der Waals surface area contributed by atoms with Crippen LogP contribution >= 0.6 is 0 Å². The first-order valence-electron chi connectivity index (χ1n) is 7.89. The molecule has 118 valence electrons. The number of nitrogens with one attached hydrogen (secondary N) is 1. The molecule has 0 radical (unpaired) electrons. The van der Waals surface area contributed by atoms with Crippen molar-refractivity contribution in [1.82, 2.24) is 19.9 Å². The van der Waals surface area contributed by atoms with Crippen molar-refractivity contribution in [3.8, 4) is 0 Å². The molecule has 0 amide bonds. The van der Waals surface area contributed by atoms with Gasteiger partial charge in [0.1, 0.15) is 5.82 Å². The van der Waals surface area contributed by atoms with Gasteiger partial charge in [-0.3, -0.25) is 0 Å². The number of rotatable bonds is 2. The van der Waals surface area contributed by atoms with Crippen LogP contribution in [-0.4, -0.2) is 46.0 Å². The van der Waals surface area contributed by atoms with Crippen molar-refractivity contribution in [2.24, 2.45) is 0 Å². The Morgan fingerprint density at radius 1 is 1.18 bits per heavy atom. The quantitative estimate of drug-likeness (QED) is 0.884. The fourth-order valence-corrected chi connectivity index (χ4v) is 3.14. The van der Waals surface area contributed by atoms with Crippen molar-refractivity contribution in [2.75, 3.05) is 31.2 Å². The van der Waals surface area contributed by atoms with Gasteiger partial charge < -0.3 is 16.0 Å². The molecule has 1 fully saturated rings. The van der Waals surface area contributed by atoms with E-state index in [0.717, 1.165) is 42.6 Å². The Morgan fingerprint density at radius 2 is 2.00 bits per heavy atom. The van der Waals surface area contributed by atoms with Gasteiger partial charge in [0.2, 0.25) is 5.95 Å². The third kappa shape index (κ3) is 3.11. The molecule has 1 saturated heterocycles. The Labute approximate surface area is 131 Å². The zero-order valence-electron chi connectivity index (χ0n) is 13.6. The predicted octanol–water partition coefficient (Wildman–Crippen LogP) is 2.12. The van der Waals surface area contributed by atoms with E-state index in [-0.39, 0.29) is 0 Å². The molecule has 3 heterocycles. The largest absolute Gasteiger partial charge is 0.383 e. The van der Waals surface area contributed by atoms with E-state index >= 15 is 0 Å². The van der Waals surface area contributed by atoms with Gasteiger partial charge in [-0.15, -0.1) is 0 Å². The number of nitrogen functional groups attached to an aromatic ring is 1. The zero-order valence-corrected chi connectivity index (χ0v) is 13.6. The van der Waals surface area contributed by atoms with Crippen LogP contribution in [-0.2, 0) is 0 Å². The van der Waals surface area contributed by atoms with Crippen LogP contribution in [0.25, 0.3) is 11.0 Å². The number of likely N-dealkylation sites (tertiary alicyclic amines) is 1. The van der Waals surface area contributed by atoms with Crippen molar-refractivity contribution in [3.63, 3.8) is 0 Å². The number of hydrogen-bond donors (Lipinski definition) is 2. The molecule has 3 N–H and O–H groups in total. The Hall–Kier alpha value is -1.95. The van der Waals surface area contributed by atoms with Crippen LogP contribution in [0.1, 0.15) is 30.5 Å². The van der Waals surface area contributed by atoms with Gasteiger partial charge in [-0.05, 0) is 64.9 Å². The number of fused-ring (bicyclic) bond motifs is 1. The lowest BCUT2D eigenvalue weighted by Gasteiger charge is -2.17. The lowest BCUT2D eigenvalue weighted by Crippen LogP contribution is -2.24. The molecule has 22 heavy (non-hydrogen) atoms. The lowest BCUT2D eigenvalue weighted by atomic mass is 10.1. The van der Waals surface area contributed by atoms with E-state index in [4.69, 9.17) is 5.73 Å². The van der Waals surface area contributed by atoms with Gasteiger partial charge in [-0.1, -0.05) is 0 Å². The molecule has 0 spiro atoms. The molecule has 0 aliphatic carbocycles. The van der Waals surface area contributed by atoms with Gasteiger partial charge in [0.25, 0.3) is 0 Å². The summed E-state index contributed by atoms with van der Waals surface area (Å²) in [4.78, 5) is 15.9. The van der Waals surface area contributed by atoms with Gasteiger partial charge >= 0.3 is 0 Å². The molecule has 6 nitrogen and oxygen atoms in total. The number of pyridine rings is 1. The summed E-state index contributed by atoms with van der Waals surface area (Å²) in [6, 6.07) is 2.41. The highest BCUT2D eigenvalue weighted by molar-refractivity contribution is 5.89. The number of hydrogen-bond acceptors (Lipinski definition) is 6. The number of nitrogens with two attached hydrogens (primary N) is 1. The highest BCUT2D eigenvalue weighted by Crippen LogP contribution is 2.23. The van der Waals surface area contributed by atoms with E-state index in [0.29, 0.717) is 23.5 Å². The second kappa shape index (κ2) is 6.04. The van der Waals surface area contributed by atoms with Gasteiger partial charge in [-0.2, -0.15) is 9.97 Å². The average Bonchev–Trinajstić information content (AvgIpc) is 2.62. The van der Waals surface area contributed by atoms with E-state index in [1.165, 1.54) is 6.42 Å². The maximum atomic E-state index is 6.13. The second-order valence-corrected chi connectivity index (χ2v) is 6.29. The summed E-state index contributed by atoms with van der Waals surface area (Å²) in [5, 5.41) is 4.30. The van der Waals surface area contributed by atoms with Crippen LogP contribution in [0.4, 0.5) is 11.8 Å². The third-order valence-corrected chi connectivity index (χ3v) is 4.30. The first kappa shape index (κ1) is 15.0. The molecule has 6 heteroatoms. The first-order valence-corrected chi connectivity index (χ1v) is 7.89. The fraction of sp³-hybridized carbons (Fsp3) is 0.562. The smallest absolute Gasteiger partial charge is 0.226 e. The normalized spacial score (nSPS) is 20.0.